The van der Waals surface area contributed by atoms with E-state index in [1.54, 1.807) is 6.92 Å². The molecule has 372 valence electrons. The molecule has 0 unspecified atom stereocenters. The quantitative estimate of drug-likeness (QED) is 0.0909. The molecular weight excluding hydrogens is 849 g/mol. The lowest BCUT2D eigenvalue weighted by Crippen LogP contribution is -2.69. The van der Waals surface area contributed by atoms with E-state index in [2.05, 4.69) is 54.5 Å². The van der Waals surface area contributed by atoms with Gasteiger partial charge in [-0.2, -0.15) is 0 Å². The molecule has 0 bridgehead atoms. The van der Waals surface area contributed by atoms with Gasteiger partial charge < -0.3 is 84.2 Å². The van der Waals surface area contributed by atoms with Crippen LogP contribution in [0.5, 0.6) is 0 Å². The van der Waals surface area contributed by atoms with Gasteiger partial charge in [-0.15, -0.1) is 0 Å². The molecule has 4 heterocycles. The lowest BCUT2D eigenvalue weighted by molar-refractivity contribution is -0.396. The molecule has 9 aliphatic rings. The van der Waals surface area contributed by atoms with Crippen molar-refractivity contribution in [1.29, 1.82) is 0 Å². The third-order valence-corrected chi connectivity index (χ3v) is 19.6. The fraction of sp³-hybridized carbons (Fsp3) is 0.958. The zero-order chi connectivity index (χ0) is 47.3. The van der Waals surface area contributed by atoms with Crippen LogP contribution in [0.15, 0.2) is 11.6 Å². The molecular formula is C48H78O17. The van der Waals surface area contributed by atoms with E-state index in [9.17, 15) is 51.1 Å². The molecule has 26 atom stereocenters. The first-order chi connectivity index (χ1) is 30.3. The Morgan fingerprint density at radius 2 is 1.22 bits per heavy atom. The molecule has 9 rings (SSSR count). The van der Waals surface area contributed by atoms with Crippen LogP contribution in [-0.4, -0.2) is 181 Å². The van der Waals surface area contributed by atoms with Crippen molar-refractivity contribution in [3.8, 4) is 0 Å². The Bertz CT molecular complexity index is 1800. The van der Waals surface area contributed by atoms with Gasteiger partial charge in [0.1, 0.15) is 61.0 Å². The van der Waals surface area contributed by atoms with Gasteiger partial charge in [0, 0.05) is 16.7 Å². The van der Waals surface area contributed by atoms with E-state index >= 15 is 0 Å². The summed E-state index contributed by atoms with van der Waals surface area (Å²) in [6.07, 6.45) is -15.7. The predicted octanol–water partition coefficient (Wildman–Crippen LogP) is 0.627. The second-order valence-corrected chi connectivity index (χ2v) is 23.9. The Kier molecular flexibility index (Phi) is 12.5. The highest BCUT2D eigenvalue weighted by molar-refractivity contribution is 5.41. The van der Waals surface area contributed by atoms with Gasteiger partial charge in [-0.05, 0) is 92.3 Å². The number of rotatable bonds is 8. The van der Waals surface area contributed by atoms with Crippen molar-refractivity contribution in [1.82, 2.24) is 0 Å². The molecule has 10 N–H and O–H groups in total. The van der Waals surface area contributed by atoms with Crippen molar-refractivity contribution in [3.05, 3.63) is 11.6 Å². The van der Waals surface area contributed by atoms with Crippen LogP contribution in [0.1, 0.15) is 107 Å². The summed E-state index contributed by atoms with van der Waals surface area (Å²) in [5.41, 5.74) is -0.465. The second-order valence-electron chi connectivity index (χ2n) is 23.9. The summed E-state index contributed by atoms with van der Waals surface area (Å²) in [5, 5.41) is 110. The highest BCUT2D eigenvalue weighted by Gasteiger charge is 2.79. The number of hydrogen-bond acceptors (Lipinski definition) is 17. The number of fused-ring (bicyclic) bond motifs is 10. The van der Waals surface area contributed by atoms with Gasteiger partial charge in [-0.25, -0.2) is 0 Å². The van der Waals surface area contributed by atoms with Crippen molar-refractivity contribution < 1.29 is 84.2 Å². The Morgan fingerprint density at radius 1 is 0.615 bits per heavy atom. The molecule has 17 heteroatoms. The summed E-state index contributed by atoms with van der Waals surface area (Å²) >= 11 is 0. The van der Waals surface area contributed by atoms with Gasteiger partial charge in [0.2, 0.25) is 0 Å². The van der Waals surface area contributed by atoms with Crippen LogP contribution in [0, 0.1) is 50.2 Å². The Hall–Kier alpha value is -0.940. The largest absolute Gasteiger partial charge is 0.396 e. The third kappa shape index (κ3) is 7.17. The SMILES string of the molecule is C[C@@H]1O[C@@H](O[C@H]2[C@H](O[C@H]3[C@H](O[C@H]4CC[C@]5(C)[C@H]6[C@@H](O)C=C7[C@@H]8CC(C)(C)CC[C@]8(CO)[C@@H]8O[C@@H]8[C@@]7(C)[C@]6(C)CC[C@H]5C4(C)C)O[C@H](C)[C@H](O)[C@@H]3O)O[C@H](CO)[C@@H](O)[C@@H]2O)[C@H](O)[C@@H](O)[C@@H]1O. The summed E-state index contributed by atoms with van der Waals surface area (Å²) in [4.78, 5) is 0. The highest BCUT2D eigenvalue weighted by atomic mass is 16.8. The van der Waals surface area contributed by atoms with E-state index in [1.165, 1.54) is 12.5 Å². The molecule has 4 saturated carbocycles. The van der Waals surface area contributed by atoms with E-state index < -0.39 is 116 Å². The van der Waals surface area contributed by atoms with Gasteiger partial charge in [0.05, 0.1) is 49.8 Å². The Balaban J connectivity index is 0.981. The van der Waals surface area contributed by atoms with E-state index in [0.29, 0.717) is 12.8 Å². The monoisotopic (exact) mass is 927 g/mol. The summed E-state index contributed by atoms with van der Waals surface area (Å²) in [5.74, 6) is 0.0811. The molecule has 0 aromatic heterocycles. The standard InChI is InChI=1S/C48H78O17/c1-20-28(52)31(55)34(58)40(59-20)63-36-33(57)30(54)25(18-49)61-42(36)64-35-32(56)29(53)21(2)60-41(35)62-27-11-12-45(7)26(44(27,5)6)10-13-46(8)37(45)24(51)16-22-23-17-43(3,4)14-15-48(23,19-50)39-38(65-39)47(22,46)9/h16,20-21,23-42,49-58H,10-15,17-19H2,1-9H3/t20-,21+,23-,24-,25+,26-,27-,28+,29-,30+,31-,32-,33-,34+,35+,36+,37+,38-,39+,40-,41-,42-,45-,46+,47-,48+/m0/s1. The average Bonchev–Trinajstić information content (AvgIpc) is 4.06. The summed E-state index contributed by atoms with van der Waals surface area (Å²) in [7, 11) is 0. The first-order valence-corrected chi connectivity index (χ1v) is 24.3. The minimum Gasteiger partial charge on any atom is -0.396 e. The van der Waals surface area contributed by atoms with Crippen LogP contribution in [0.2, 0.25) is 0 Å². The topological polar surface area (TPSA) is 270 Å². The minimum absolute atomic E-state index is 0.0157. The maximum Gasteiger partial charge on any atom is 0.187 e. The average molecular weight is 927 g/mol. The fourth-order valence-corrected chi connectivity index (χ4v) is 15.6. The first-order valence-electron chi connectivity index (χ1n) is 24.3. The van der Waals surface area contributed by atoms with Gasteiger partial charge >= 0.3 is 0 Å². The van der Waals surface area contributed by atoms with Crippen LogP contribution in [0.4, 0.5) is 0 Å². The van der Waals surface area contributed by atoms with Crippen LogP contribution >= 0.6 is 0 Å². The van der Waals surface area contributed by atoms with Crippen molar-refractivity contribution in [2.24, 2.45) is 50.2 Å². The molecule has 0 aromatic rings. The van der Waals surface area contributed by atoms with Crippen molar-refractivity contribution in [3.63, 3.8) is 0 Å². The van der Waals surface area contributed by atoms with E-state index in [0.717, 1.165) is 32.1 Å². The lowest BCUT2D eigenvalue weighted by Gasteiger charge is -2.71. The summed E-state index contributed by atoms with van der Waals surface area (Å²) in [6, 6.07) is 0. The smallest absolute Gasteiger partial charge is 0.187 e. The van der Waals surface area contributed by atoms with Crippen LogP contribution in [0.25, 0.3) is 0 Å². The molecule has 4 saturated heterocycles. The summed E-state index contributed by atoms with van der Waals surface area (Å²) in [6.45, 7) is 18.5. The maximum atomic E-state index is 12.6. The van der Waals surface area contributed by atoms with E-state index in [1.807, 2.05) is 0 Å². The number of hydrogen-bond donors (Lipinski definition) is 10. The van der Waals surface area contributed by atoms with Crippen LogP contribution in [0.3, 0.4) is 0 Å². The highest BCUT2D eigenvalue weighted by Crippen LogP contribution is 2.79. The molecule has 17 nitrogen and oxygen atoms in total. The molecule has 0 radical (unpaired) electrons. The molecule has 0 spiro atoms. The number of ether oxygens (including phenoxy) is 7. The maximum absolute atomic E-state index is 12.6. The molecule has 8 fully saturated rings. The van der Waals surface area contributed by atoms with Crippen LogP contribution in [-0.2, 0) is 33.2 Å². The van der Waals surface area contributed by atoms with Crippen molar-refractivity contribution in [2.45, 2.75) is 224 Å². The van der Waals surface area contributed by atoms with Crippen LogP contribution < -0.4 is 0 Å². The van der Waals surface area contributed by atoms with Gasteiger partial charge in [0.25, 0.3) is 0 Å². The Labute approximate surface area is 382 Å². The third-order valence-electron chi connectivity index (χ3n) is 19.6. The van der Waals surface area contributed by atoms with Crippen molar-refractivity contribution >= 4 is 0 Å². The number of aliphatic hydroxyl groups excluding tert-OH is 10. The van der Waals surface area contributed by atoms with Gasteiger partial charge in [-0.3, -0.25) is 0 Å². The Morgan fingerprint density at radius 3 is 1.86 bits per heavy atom. The molecule has 0 aromatic carbocycles. The minimum atomic E-state index is -1.81. The second kappa shape index (κ2) is 16.6. The number of aliphatic hydroxyl groups is 10. The fourth-order valence-electron chi connectivity index (χ4n) is 15.6. The van der Waals surface area contributed by atoms with Gasteiger partial charge in [-0.1, -0.05) is 60.1 Å². The predicted molar refractivity (Wildman–Crippen MR) is 228 cm³/mol. The molecule has 65 heavy (non-hydrogen) atoms. The van der Waals surface area contributed by atoms with E-state index in [4.69, 9.17) is 33.2 Å². The number of epoxide rings is 1. The molecule has 0 amide bonds. The molecule has 5 aliphatic carbocycles. The normalized spacial score (nSPS) is 58.0. The first kappa shape index (κ1) is 49.1. The summed E-state index contributed by atoms with van der Waals surface area (Å²) < 4.78 is 43.8. The van der Waals surface area contributed by atoms with Gasteiger partial charge in [0.15, 0.2) is 18.9 Å². The van der Waals surface area contributed by atoms with E-state index in [-0.39, 0.29) is 63.6 Å². The molecule has 4 aliphatic heterocycles. The van der Waals surface area contributed by atoms with Crippen molar-refractivity contribution in [2.75, 3.05) is 13.2 Å². The lowest BCUT2D eigenvalue weighted by atomic mass is 9.33. The zero-order valence-corrected chi connectivity index (χ0v) is 39.5. The zero-order valence-electron chi connectivity index (χ0n) is 39.5.